The highest BCUT2D eigenvalue weighted by atomic mass is 32.1. The van der Waals surface area contributed by atoms with E-state index in [1.807, 2.05) is 25.2 Å². The first-order chi connectivity index (χ1) is 11.6. The van der Waals surface area contributed by atoms with Crippen LogP contribution in [-0.2, 0) is 11.3 Å². The van der Waals surface area contributed by atoms with Crippen molar-refractivity contribution >= 4 is 28.7 Å². The Morgan fingerprint density at radius 2 is 2.08 bits per heavy atom. The van der Waals surface area contributed by atoms with Crippen molar-refractivity contribution in [2.24, 2.45) is 0 Å². The Balaban J connectivity index is 1.61. The van der Waals surface area contributed by atoms with Gasteiger partial charge in [-0.3, -0.25) is 0 Å². The number of ether oxygens (including phenoxy) is 1. The zero-order valence-electron chi connectivity index (χ0n) is 14.1. The molecule has 2 aromatic rings. The summed E-state index contributed by atoms with van der Waals surface area (Å²) in [5, 5.41) is 2.98. The van der Waals surface area contributed by atoms with Crippen molar-refractivity contribution in [1.82, 2.24) is 4.90 Å². The highest BCUT2D eigenvalue weighted by molar-refractivity contribution is 7.11. The molecule has 6 heteroatoms. The zero-order valence-corrected chi connectivity index (χ0v) is 14.9. The van der Waals surface area contributed by atoms with Crippen LogP contribution in [-0.4, -0.2) is 44.3 Å². The van der Waals surface area contributed by atoms with Crippen molar-refractivity contribution in [1.29, 1.82) is 0 Å². The summed E-state index contributed by atoms with van der Waals surface area (Å²) in [7, 11) is 1.82. The van der Waals surface area contributed by atoms with Crippen LogP contribution >= 0.6 is 11.3 Å². The number of carbonyl (C=O) groups excluding carboxylic acids is 1. The van der Waals surface area contributed by atoms with Crippen molar-refractivity contribution in [2.45, 2.75) is 13.5 Å². The van der Waals surface area contributed by atoms with Crippen molar-refractivity contribution < 1.29 is 9.53 Å². The topological polar surface area (TPSA) is 44.8 Å². The molecule has 128 valence electrons. The minimum absolute atomic E-state index is 0.0971. The van der Waals surface area contributed by atoms with E-state index in [1.54, 1.807) is 16.2 Å². The molecule has 2 heterocycles. The smallest absolute Gasteiger partial charge is 0.321 e. The molecule has 3 rings (SSSR count). The number of amides is 2. The van der Waals surface area contributed by atoms with Gasteiger partial charge in [0.1, 0.15) is 0 Å². The quantitative estimate of drug-likeness (QED) is 0.921. The molecular weight excluding hydrogens is 322 g/mol. The second-order valence-corrected chi connectivity index (χ2v) is 7.32. The molecule has 1 aromatic heterocycles. The van der Waals surface area contributed by atoms with Crippen molar-refractivity contribution in [3.8, 4) is 0 Å². The highest BCUT2D eigenvalue weighted by Gasteiger charge is 2.13. The Kier molecular flexibility index (Phi) is 5.37. The van der Waals surface area contributed by atoms with Crippen LogP contribution in [0.1, 0.15) is 9.75 Å². The van der Waals surface area contributed by atoms with Gasteiger partial charge in [-0.1, -0.05) is 6.07 Å². The number of thiophene rings is 1. The minimum atomic E-state index is -0.0971. The number of carbonyl (C=O) groups is 1. The predicted octanol–water partition coefficient (Wildman–Crippen LogP) is 3.56. The second kappa shape index (κ2) is 7.68. The maximum absolute atomic E-state index is 12.4. The molecule has 0 radical (unpaired) electrons. The maximum atomic E-state index is 12.4. The summed E-state index contributed by atoms with van der Waals surface area (Å²) in [6.07, 6.45) is 0. The van der Waals surface area contributed by atoms with E-state index in [-0.39, 0.29) is 6.03 Å². The predicted molar refractivity (Wildman–Crippen MR) is 99.0 cm³/mol. The number of benzene rings is 1. The Hall–Kier alpha value is -2.05. The largest absolute Gasteiger partial charge is 0.378 e. The molecule has 1 aliphatic rings. The van der Waals surface area contributed by atoms with Crippen LogP contribution in [0.15, 0.2) is 36.4 Å². The summed E-state index contributed by atoms with van der Waals surface area (Å²) < 4.78 is 5.39. The third kappa shape index (κ3) is 4.27. The number of nitrogens with zero attached hydrogens (tertiary/aromatic N) is 2. The van der Waals surface area contributed by atoms with E-state index in [0.29, 0.717) is 6.54 Å². The molecule has 0 saturated carbocycles. The molecule has 24 heavy (non-hydrogen) atoms. The normalized spacial score (nSPS) is 14.5. The van der Waals surface area contributed by atoms with Crippen molar-refractivity contribution in [3.63, 3.8) is 0 Å². The molecule has 1 aromatic carbocycles. The van der Waals surface area contributed by atoms with E-state index >= 15 is 0 Å². The van der Waals surface area contributed by atoms with E-state index in [4.69, 9.17) is 4.74 Å². The van der Waals surface area contributed by atoms with Crippen LogP contribution in [0.5, 0.6) is 0 Å². The maximum Gasteiger partial charge on any atom is 0.321 e. The number of anilines is 2. The van der Waals surface area contributed by atoms with E-state index < -0.39 is 0 Å². The molecule has 1 saturated heterocycles. The summed E-state index contributed by atoms with van der Waals surface area (Å²) in [4.78, 5) is 18.8. The van der Waals surface area contributed by atoms with E-state index in [2.05, 4.69) is 35.3 Å². The average molecular weight is 345 g/mol. The van der Waals surface area contributed by atoms with Crippen molar-refractivity contribution in [3.05, 3.63) is 46.2 Å². The van der Waals surface area contributed by atoms with Gasteiger partial charge in [0.2, 0.25) is 0 Å². The van der Waals surface area contributed by atoms with Gasteiger partial charge in [-0.05, 0) is 37.3 Å². The number of urea groups is 1. The van der Waals surface area contributed by atoms with Crippen LogP contribution < -0.4 is 10.2 Å². The standard InChI is InChI=1S/C18H23N3O2S/c1-14-6-7-17(24-14)13-20(2)18(22)19-15-4-3-5-16(12-15)21-8-10-23-11-9-21/h3-7,12H,8-11,13H2,1-2H3,(H,19,22). The molecule has 2 amide bonds. The average Bonchev–Trinajstić information content (AvgIpc) is 3.00. The summed E-state index contributed by atoms with van der Waals surface area (Å²) in [5.41, 5.74) is 1.94. The molecular formula is C18H23N3O2S. The summed E-state index contributed by atoms with van der Waals surface area (Å²) in [6, 6.07) is 12.0. The molecule has 0 unspecified atom stereocenters. The monoisotopic (exact) mass is 345 g/mol. The summed E-state index contributed by atoms with van der Waals surface area (Å²) in [5.74, 6) is 0. The van der Waals surface area contributed by atoms with Gasteiger partial charge in [-0.25, -0.2) is 4.79 Å². The number of rotatable bonds is 4. The molecule has 0 aliphatic carbocycles. The fourth-order valence-electron chi connectivity index (χ4n) is 2.70. The zero-order chi connectivity index (χ0) is 16.9. The van der Waals surface area contributed by atoms with Crippen molar-refractivity contribution in [2.75, 3.05) is 43.6 Å². The number of aryl methyl sites for hydroxylation is 1. The molecule has 0 spiro atoms. The number of hydrogen-bond donors (Lipinski definition) is 1. The first-order valence-corrected chi connectivity index (χ1v) is 8.93. The summed E-state index contributed by atoms with van der Waals surface area (Å²) >= 11 is 1.72. The molecule has 1 aliphatic heterocycles. The second-order valence-electron chi connectivity index (χ2n) is 5.95. The molecule has 0 atom stereocenters. The highest BCUT2D eigenvalue weighted by Crippen LogP contribution is 2.21. The fraction of sp³-hybridized carbons (Fsp3) is 0.389. The molecule has 0 bridgehead atoms. The lowest BCUT2D eigenvalue weighted by atomic mass is 10.2. The van der Waals surface area contributed by atoms with Crippen LogP contribution in [0.4, 0.5) is 16.2 Å². The van der Waals surface area contributed by atoms with Gasteiger partial charge in [0.25, 0.3) is 0 Å². The minimum Gasteiger partial charge on any atom is -0.378 e. The lowest BCUT2D eigenvalue weighted by Crippen LogP contribution is -2.36. The fourth-order valence-corrected chi connectivity index (χ4v) is 3.64. The molecule has 1 N–H and O–H groups in total. The van der Waals surface area contributed by atoms with Gasteiger partial charge in [0.15, 0.2) is 0 Å². The van der Waals surface area contributed by atoms with Crippen LogP contribution in [0.25, 0.3) is 0 Å². The lowest BCUT2D eigenvalue weighted by Gasteiger charge is -2.29. The first-order valence-electron chi connectivity index (χ1n) is 8.12. The van der Waals surface area contributed by atoms with Gasteiger partial charge in [-0.15, -0.1) is 11.3 Å². The Labute approximate surface area is 146 Å². The van der Waals surface area contributed by atoms with Crippen LogP contribution in [0.3, 0.4) is 0 Å². The van der Waals surface area contributed by atoms with Crippen LogP contribution in [0.2, 0.25) is 0 Å². The third-order valence-electron chi connectivity index (χ3n) is 4.01. The number of nitrogens with one attached hydrogen (secondary N) is 1. The van der Waals surface area contributed by atoms with E-state index in [1.165, 1.54) is 9.75 Å². The van der Waals surface area contributed by atoms with E-state index in [0.717, 1.165) is 37.7 Å². The van der Waals surface area contributed by atoms with Gasteiger partial charge in [0.05, 0.1) is 19.8 Å². The van der Waals surface area contributed by atoms with E-state index in [9.17, 15) is 4.79 Å². The Morgan fingerprint density at radius 3 is 2.79 bits per heavy atom. The third-order valence-corrected chi connectivity index (χ3v) is 4.99. The lowest BCUT2D eigenvalue weighted by molar-refractivity contribution is 0.122. The SMILES string of the molecule is Cc1ccc(CN(C)C(=O)Nc2cccc(N3CCOCC3)c2)s1. The Morgan fingerprint density at radius 1 is 1.29 bits per heavy atom. The number of morpholine rings is 1. The van der Waals surface area contributed by atoms with Gasteiger partial charge >= 0.3 is 6.03 Å². The number of hydrogen-bond acceptors (Lipinski definition) is 4. The molecule has 1 fully saturated rings. The first kappa shape index (κ1) is 16.8. The van der Waals surface area contributed by atoms with Gasteiger partial charge in [-0.2, -0.15) is 0 Å². The van der Waals surface area contributed by atoms with Crippen LogP contribution in [0, 0.1) is 6.92 Å². The molecule has 5 nitrogen and oxygen atoms in total. The Bertz CT molecular complexity index is 695. The van der Waals surface area contributed by atoms with Gasteiger partial charge < -0.3 is 19.9 Å². The van der Waals surface area contributed by atoms with Gasteiger partial charge in [0, 0.05) is 41.3 Å². The summed E-state index contributed by atoms with van der Waals surface area (Å²) in [6.45, 7) is 5.96.